The zero-order valence-corrected chi connectivity index (χ0v) is 42.1. The van der Waals surface area contributed by atoms with Crippen molar-refractivity contribution in [2.24, 2.45) is 68.0 Å². The molecule has 1 aromatic carbocycles. The summed E-state index contributed by atoms with van der Waals surface area (Å²) in [6.07, 6.45) is 8.50. The largest absolute Gasteiger partial charge is 0.481 e. The Bertz CT molecular complexity index is 2140. The second-order valence-corrected chi connectivity index (χ2v) is 25.1. The fraction of sp³-hybridized carbons (Fsp3) is 0.764. The maximum atomic E-state index is 14.3. The van der Waals surface area contributed by atoms with Gasteiger partial charge in [-0.3, -0.25) is 28.9 Å². The molecule has 0 radical (unpaired) electrons. The van der Waals surface area contributed by atoms with Crippen LogP contribution in [-0.4, -0.2) is 84.0 Å². The Hall–Kier alpha value is -3.57. The van der Waals surface area contributed by atoms with Gasteiger partial charge in [0.1, 0.15) is 6.10 Å². The van der Waals surface area contributed by atoms with E-state index in [0.29, 0.717) is 30.2 Å². The summed E-state index contributed by atoms with van der Waals surface area (Å²) in [5, 5.41) is 16.1. The van der Waals surface area contributed by atoms with Gasteiger partial charge in [0.15, 0.2) is 5.78 Å². The summed E-state index contributed by atoms with van der Waals surface area (Å²) in [4.78, 5) is 69.8. The Morgan fingerprint density at radius 1 is 0.848 bits per heavy atom. The van der Waals surface area contributed by atoms with Gasteiger partial charge in [0.05, 0.1) is 30.6 Å². The van der Waals surface area contributed by atoms with Crippen LogP contribution >= 0.6 is 0 Å². The van der Waals surface area contributed by atoms with Gasteiger partial charge in [0.25, 0.3) is 5.91 Å². The number of ether oxygens (including phenoxy) is 2. The van der Waals surface area contributed by atoms with Crippen molar-refractivity contribution in [3.63, 3.8) is 0 Å². The minimum absolute atomic E-state index is 0.0169. The fourth-order valence-corrected chi connectivity index (χ4v) is 16.0. The third-order valence-electron chi connectivity index (χ3n) is 20.0. The van der Waals surface area contributed by atoms with Crippen LogP contribution in [0, 0.1) is 68.0 Å². The molecule has 1 saturated heterocycles. The molecule has 6 fully saturated rings. The first kappa shape index (κ1) is 48.9. The van der Waals surface area contributed by atoms with Crippen LogP contribution in [0.5, 0.6) is 0 Å². The van der Waals surface area contributed by atoms with E-state index in [-0.39, 0.29) is 76.1 Å². The van der Waals surface area contributed by atoms with Crippen molar-refractivity contribution in [3.8, 4) is 0 Å². The molecule has 364 valence electrons. The lowest BCUT2D eigenvalue weighted by molar-refractivity contribution is -0.236. The van der Waals surface area contributed by atoms with Crippen molar-refractivity contribution in [3.05, 3.63) is 46.5 Å². The van der Waals surface area contributed by atoms with E-state index in [1.807, 2.05) is 52.0 Å². The van der Waals surface area contributed by atoms with Crippen LogP contribution in [0.2, 0.25) is 0 Å². The summed E-state index contributed by atoms with van der Waals surface area (Å²) in [5.74, 6) is -0.931. The lowest BCUT2D eigenvalue weighted by Crippen LogP contribution is -2.66. The molecule has 10 atom stereocenters. The molecule has 3 N–H and O–H groups in total. The van der Waals surface area contributed by atoms with Crippen LogP contribution in [0.3, 0.4) is 0 Å². The van der Waals surface area contributed by atoms with Crippen molar-refractivity contribution in [2.75, 3.05) is 32.8 Å². The molecule has 0 aromatic heterocycles. The van der Waals surface area contributed by atoms with Crippen LogP contribution < -0.4 is 10.6 Å². The van der Waals surface area contributed by atoms with Gasteiger partial charge in [-0.25, -0.2) is 0 Å². The number of rotatable bonds is 12. The zero-order valence-electron chi connectivity index (χ0n) is 42.1. The van der Waals surface area contributed by atoms with E-state index in [2.05, 4.69) is 64.0 Å². The minimum atomic E-state index is -0.840. The van der Waals surface area contributed by atoms with Crippen LogP contribution in [0.1, 0.15) is 163 Å². The highest BCUT2D eigenvalue weighted by Crippen LogP contribution is 2.77. The van der Waals surface area contributed by atoms with Crippen molar-refractivity contribution in [2.45, 2.75) is 165 Å². The number of Topliss-reactive ketones (excluding diaryl/α,β-unsaturated/α-hetero) is 1. The fourth-order valence-electron chi connectivity index (χ4n) is 16.0. The van der Waals surface area contributed by atoms with Crippen LogP contribution in [-0.2, 0) is 35.2 Å². The van der Waals surface area contributed by atoms with E-state index in [4.69, 9.17) is 9.47 Å². The predicted octanol–water partition coefficient (Wildman–Crippen LogP) is 9.17. The molecular weight excluding hydrogens is 831 g/mol. The average Bonchev–Trinajstić information content (AvgIpc) is 3.53. The maximum Gasteiger partial charge on any atom is 0.309 e. The topological polar surface area (TPSA) is 151 Å². The first-order valence-corrected chi connectivity index (χ1v) is 25.5. The third kappa shape index (κ3) is 8.09. The number of hydrogen-bond donors (Lipinski definition) is 3. The van der Waals surface area contributed by atoms with Gasteiger partial charge in [-0.1, -0.05) is 80.0 Å². The number of carbonyl (C=O) groups is 5. The Morgan fingerprint density at radius 3 is 2.17 bits per heavy atom. The number of allylic oxidation sites excluding steroid dienone is 2. The van der Waals surface area contributed by atoms with Gasteiger partial charge in [-0.15, -0.1) is 0 Å². The molecule has 5 saturated carbocycles. The van der Waals surface area contributed by atoms with Gasteiger partial charge in [0, 0.05) is 55.4 Å². The maximum absolute atomic E-state index is 14.3. The summed E-state index contributed by atoms with van der Waals surface area (Å²) in [6.45, 7) is 28.5. The molecule has 66 heavy (non-hydrogen) atoms. The number of esters is 1. The van der Waals surface area contributed by atoms with E-state index in [1.165, 1.54) is 5.57 Å². The summed E-state index contributed by atoms with van der Waals surface area (Å²) in [5.41, 5.74) is 1.92. The zero-order chi connectivity index (χ0) is 48.0. The first-order chi connectivity index (χ1) is 30.8. The number of carbonyl (C=O) groups excluding carboxylic acids is 4. The number of nitrogens with zero attached hydrogens (tertiary/aromatic N) is 1. The number of carboxylic acids is 1. The molecule has 11 nitrogen and oxygen atoms in total. The standard InChI is InChI=1S/C55H81N3O8/c1-33(2)44-39(59)29-55(30-43(60)56-32-49(3,4)57-46(61)35-14-12-34(13-15-35)31-58-24-26-65-27-25-58)23-22-53(10)36(45(44)55)16-17-41-52(9)20-19-42(51(7,8)40(52)18-21-54(41,53)11)66-48(64)38-28-37(47(62)63)50(38,5)6/h12-15,33,36-38,40-42H,16-32H2,1-11H3,(H,56,60)(H,57,61)(H,62,63)/t36-,37+,38-,40+,41-,42+,52+,53-,54-,55+/m1/s1. The molecular formula is C55H81N3O8. The lowest BCUT2D eigenvalue weighted by Gasteiger charge is -2.72. The first-order valence-electron chi connectivity index (χ1n) is 25.5. The Morgan fingerprint density at radius 2 is 1.53 bits per heavy atom. The summed E-state index contributed by atoms with van der Waals surface area (Å²) < 4.78 is 11.9. The Labute approximate surface area is 394 Å². The van der Waals surface area contributed by atoms with Crippen molar-refractivity contribution >= 4 is 29.5 Å². The highest BCUT2D eigenvalue weighted by molar-refractivity contribution is 6.01. The molecule has 0 bridgehead atoms. The van der Waals surface area contributed by atoms with E-state index >= 15 is 0 Å². The third-order valence-corrected chi connectivity index (χ3v) is 20.0. The SMILES string of the molecule is CC(C)C1=C2[C@H]3CC[C@@H]4[C@@]5(C)CC[C@H](OC(=O)[C@H]6C[C@@H](C(=O)O)C6(C)C)C(C)(C)[C@@H]5CC[C@@]4(C)[C@]3(C)CC[C@@]2(CC(=O)NCC(C)(C)NC(=O)c2ccc(CN3CCOCC3)cc2)CC1=O. The Balaban J connectivity index is 0.943. The highest BCUT2D eigenvalue weighted by atomic mass is 16.5. The van der Waals surface area contributed by atoms with E-state index in [1.54, 1.807) is 0 Å². The van der Waals surface area contributed by atoms with Crippen molar-refractivity contribution in [1.29, 1.82) is 0 Å². The molecule has 0 unspecified atom stereocenters. The van der Waals surface area contributed by atoms with Gasteiger partial charge < -0.3 is 25.2 Å². The molecule has 11 heteroatoms. The van der Waals surface area contributed by atoms with Crippen LogP contribution in [0.15, 0.2) is 35.4 Å². The smallest absolute Gasteiger partial charge is 0.309 e. The number of ketones is 1. The molecule has 0 spiro atoms. The summed E-state index contributed by atoms with van der Waals surface area (Å²) in [6, 6.07) is 7.76. The lowest BCUT2D eigenvalue weighted by atomic mass is 9.33. The molecule has 2 amide bonds. The van der Waals surface area contributed by atoms with Gasteiger partial charge in [-0.05, 0) is 140 Å². The van der Waals surface area contributed by atoms with Gasteiger partial charge in [-0.2, -0.15) is 0 Å². The predicted molar refractivity (Wildman–Crippen MR) is 254 cm³/mol. The highest BCUT2D eigenvalue weighted by Gasteiger charge is 2.70. The van der Waals surface area contributed by atoms with E-state index in [9.17, 15) is 29.1 Å². The van der Waals surface area contributed by atoms with Gasteiger partial charge in [0.2, 0.25) is 5.91 Å². The molecule has 6 aliphatic carbocycles. The number of fused-ring (bicyclic) bond motifs is 7. The quantitative estimate of drug-likeness (QED) is 0.175. The van der Waals surface area contributed by atoms with E-state index < -0.39 is 34.2 Å². The monoisotopic (exact) mass is 912 g/mol. The van der Waals surface area contributed by atoms with E-state index in [0.717, 1.165) is 95.4 Å². The average molecular weight is 912 g/mol. The molecule has 7 aliphatic rings. The van der Waals surface area contributed by atoms with Crippen LogP contribution in [0.4, 0.5) is 0 Å². The van der Waals surface area contributed by atoms with Crippen LogP contribution in [0.25, 0.3) is 0 Å². The van der Waals surface area contributed by atoms with Crippen molar-refractivity contribution in [1.82, 2.24) is 15.5 Å². The number of nitrogens with one attached hydrogen (secondary N) is 2. The number of morpholine rings is 1. The van der Waals surface area contributed by atoms with Crippen molar-refractivity contribution < 1.29 is 38.6 Å². The molecule has 1 heterocycles. The molecule has 1 aromatic rings. The summed E-state index contributed by atoms with van der Waals surface area (Å²) >= 11 is 0. The Kier molecular flexibility index (Phi) is 12.7. The molecule has 8 rings (SSSR count). The molecule has 1 aliphatic heterocycles. The second kappa shape index (κ2) is 17.1. The second-order valence-electron chi connectivity index (χ2n) is 25.1. The normalized spacial score (nSPS) is 37.1. The number of amides is 2. The number of benzene rings is 1. The number of carboxylic acid groups (broad SMARTS) is 1. The number of hydrogen-bond acceptors (Lipinski definition) is 8. The number of aliphatic carboxylic acids is 1. The minimum Gasteiger partial charge on any atom is -0.481 e. The van der Waals surface area contributed by atoms with Gasteiger partial charge >= 0.3 is 11.9 Å². The summed E-state index contributed by atoms with van der Waals surface area (Å²) in [7, 11) is 0.